The number of benzene rings is 1. The number of anilines is 3. The molecule has 1 fully saturated rings. The molecule has 1 unspecified atom stereocenters. The molecule has 0 bridgehead atoms. The Kier molecular flexibility index (Phi) is 7.31. The molecule has 1 atom stereocenters. The number of amides is 2. The highest BCUT2D eigenvalue weighted by molar-refractivity contribution is 5.94. The van der Waals surface area contributed by atoms with Crippen molar-refractivity contribution in [1.29, 1.82) is 5.26 Å². The maximum Gasteiger partial charge on any atom is 0.410 e. The normalized spacial score (nSPS) is 18.4. The third kappa shape index (κ3) is 5.65. The number of nitrogens with one attached hydrogen (secondary N) is 2. The lowest BCUT2D eigenvalue weighted by Gasteiger charge is -2.33. The Morgan fingerprint density at radius 1 is 1.32 bits per heavy atom. The van der Waals surface area contributed by atoms with Crippen molar-refractivity contribution < 1.29 is 19.1 Å². The molecule has 11 nitrogen and oxygen atoms in total. The van der Waals surface area contributed by atoms with Gasteiger partial charge in [0.25, 0.3) is 5.91 Å². The molecule has 11 heteroatoms. The average molecular weight is 506 g/mol. The van der Waals surface area contributed by atoms with Crippen LogP contribution in [0.5, 0.6) is 0 Å². The Hall–Kier alpha value is -4.17. The molecule has 2 amide bonds. The van der Waals surface area contributed by atoms with Crippen molar-refractivity contribution in [2.75, 3.05) is 41.8 Å². The summed E-state index contributed by atoms with van der Waals surface area (Å²) < 4.78 is 11.0. The van der Waals surface area contributed by atoms with Crippen molar-refractivity contribution in [1.82, 2.24) is 14.9 Å². The average Bonchev–Trinajstić information content (AvgIpc) is 3.23. The van der Waals surface area contributed by atoms with Gasteiger partial charge in [0.1, 0.15) is 23.1 Å². The fraction of sp³-hybridized carbons (Fsp3) is 0.423. The lowest BCUT2D eigenvalue weighted by Crippen LogP contribution is -2.51. The summed E-state index contributed by atoms with van der Waals surface area (Å²) in [4.78, 5) is 37.6. The number of fused-ring (bicyclic) bond motifs is 1. The van der Waals surface area contributed by atoms with Crippen molar-refractivity contribution in [2.45, 2.75) is 46.3 Å². The molecule has 37 heavy (non-hydrogen) atoms. The lowest BCUT2D eigenvalue weighted by atomic mass is 10.1. The van der Waals surface area contributed by atoms with Crippen molar-refractivity contribution in [3.63, 3.8) is 0 Å². The second-order valence-electron chi connectivity index (χ2n) is 9.72. The molecule has 2 aliphatic rings. The van der Waals surface area contributed by atoms with Crippen LogP contribution in [0.25, 0.3) is 5.57 Å². The first-order chi connectivity index (χ1) is 17.6. The molecular formula is C26H31N7O4. The molecule has 0 radical (unpaired) electrons. The molecule has 1 aromatic heterocycles. The second kappa shape index (κ2) is 10.4. The SMILES string of the molecule is CCN1/C(=C(\C#N)c2nc(NC(=O)C3CN(C(=O)OC(C)(C)C)CCO3)ncc2C)Nc2ccccc21. The van der Waals surface area contributed by atoms with Gasteiger partial charge in [0, 0.05) is 19.3 Å². The van der Waals surface area contributed by atoms with Gasteiger partial charge < -0.3 is 24.6 Å². The standard InChI is InChI=1S/C26H31N7O4/c1-6-33-19-10-8-7-9-18(19)29-22(33)17(13-27)21-16(2)14-28-24(30-21)31-23(34)20-15-32(11-12-36-20)25(35)37-26(3,4)5/h7-10,14,20,29H,6,11-12,15H2,1-5H3,(H,28,30,31,34)/b22-17+. The minimum atomic E-state index is -0.912. The van der Waals surface area contributed by atoms with Gasteiger partial charge in [-0.3, -0.25) is 10.1 Å². The molecule has 1 saturated heterocycles. The maximum atomic E-state index is 13.0. The molecule has 0 spiro atoms. The molecule has 2 N–H and O–H groups in total. The predicted molar refractivity (Wildman–Crippen MR) is 139 cm³/mol. The first-order valence-electron chi connectivity index (χ1n) is 12.1. The maximum absolute atomic E-state index is 13.0. The van der Waals surface area contributed by atoms with E-state index in [-0.39, 0.29) is 19.1 Å². The Morgan fingerprint density at radius 3 is 2.78 bits per heavy atom. The quantitative estimate of drug-likeness (QED) is 0.599. The van der Waals surface area contributed by atoms with E-state index in [1.54, 1.807) is 33.9 Å². The number of rotatable bonds is 4. The molecule has 194 valence electrons. The van der Waals surface area contributed by atoms with E-state index < -0.39 is 23.7 Å². The zero-order valence-corrected chi connectivity index (χ0v) is 21.7. The van der Waals surface area contributed by atoms with Crippen LogP contribution in [-0.2, 0) is 14.3 Å². The van der Waals surface area contributed by atoms with Crippen LogP contribution in [0.15, 0.2) is 36.3 Å². The van der Waals surface area contributed by atoms with E-state index in [0.29, 0.717) is 35.7 Å². The molecule has 2 aromatic rings. The second-order valence-corrected chi connectivity index (χ2v) is 9.72. The molecule has 0 aliphatic carbocycles. The number of aryl methyl sites for hydroxylation is 1. The Bertz CT molecular complexity index is 1280. The minimum Gasteiger partial charge on any atom is -0.444 e. The number of hydrogen-bond donors (Lipinski definition) is 2. The molecular weight excluding hydrogens is 474 g/mol. The molecule has 3 heterocycles. The van der Waals surface area contributed by atoms with Crippen LogP contribution in [0.3, 0.4) is 0 Å². The zero-order valence-electron chi connectivity index (χ0n) is 21.7. The van der Waals surface area contributed by atoms with Gasteiger partial charge in [-0.2, -0.15) is 5.26 Å². The molecule has 1 aromatic carbocycles. The number of morpholine rings is 1. The fourth-order valence-electron chi connectivity index (χ4n) is 4.12. The zero-order chi connectivity index (χ0) is 26.7. The summed E-state index contributed by atoms with van der Waals surface area (Å²) in [6, 6.07) is 10.1. The summed E-state index contributed by atoms with van der Waals surface area (Å²) >= 11 is 0. The summed E-state index contributed by atoms with van der Waals surface area (Å²) in [5, 5.41) is 16.1. The smallest absolute Gasteiger partial charge is 0.410 e. The molecule has 2 aliphatic heterocycles. The van der Waals surface area contributed by atoms with Crippen molar-refractivity contribution >= 4 is 34.9 Å². The molecule has 4 rings (SSSR count). The van der Waals surface area contributed by atoms with Gasteiger partial charge in [0.2, 0.25) is 5.95 Å². The number of nitrogens with zero attached hydrogens (tertiary/aromatic N) is 5. The largest absolute Gasteiger partial charge is 0.444 e. The van der Waals surface area contributed by atoms with Crippen LogP contribution in [0, 0.1) is 18.3 Å². The number of para-hydroxylation sites is 2. The summed E-state index contributed by atoms with van der Waals surface area (Å²) in [5.74, 6) is 0.167. The highest BCUT2D eigenvalue weighted by Crippen LogP contribution is 2.38. The Labute approximate surface area is 216 Å². The van der Waals surface area contributed by atoms with Crippen LogP contribution in [-0.4, -0.2) is 64.8 Å². The van der Waals surface area contributed by atoms with E-state index in [1.807, 2.05) is 36.1 Å². The summed E-state index contributed by atoms with van der Waals surface area (Å²) in [6.45, 7) is 10.4. The van der Waals surface area contributed by atoms with Crippen molar-refractivity contribution in [3.8, 4) is 6.07 Å². The number of aromatic nitrogens is 2. The van der Waals surface area contributed by atoms with Gasteiger partial charge >= 0.3 is 6.09 Å². The number of allylic oxidation sites excluding steroid dienone is 1. The first-order valence-corrected chi connectivity index (χ1v) is 12.1. The van der Waals surface area contributed by atoms with Crippen LogP contribution in [0.4, 0.5) is 22.1 Å². The predicted octanol–water partition coefficient (Wildman–Crippen LogP) is 3.50. The summed E-state index contributed by atoms with van der Waals surface area (Å²) in [6.07, 6.45) is 0.145. The number of carbonyl (C=O) groups excluding carboxylic acids is 2. The van der Waals surface area contributed by atoms with Gasteiger partial charge in [-0.15, -0.1) is 0 Å². The number of ether oxygens (including phenoxy) is 2. The summed E-state index contributed by atoms with van der Waals surface area (Å²) in [7, 11) is 0. The van der Waals surface area contributed by atoms with E-state index in [4.69, 9.17) is 9.47 Å². The van der Waals surface area contributed by atoms with Gasteiger partial charge in [-0.1, -0.05) is 12.1 Å². The number of hydrogen-bond acceptors (Lipinski definition) is 9. The highest BCUT2D eigenvalue weighted by Gasteiger charge is 2.33. The van der Waals surface area contributed by atoms with Crippen LogP contribution in [0.1, 0.15) is 39.0 Å². The van der Waals surface area contributed by atoms with E-state index in [0.717, 1.165) is 11.4 Å². The van der Waals surface area contributed by atoms with Gasteiger partial charge in [-0.25, -0.2) is 14.8 Å². The van der Waals surface area contributed by atoms with Gasteiger partial charge in [0.15, 0.2) is 6.10 Å². The number of carbonyl (C=O) groups is 2. The first kappa shape index (κ1) is 25.9. The lowest BCUT2D eigenvalue weighted by molar-refractivity contribution is -0.132. The Morgan fingerprint density at radius 2 is 2.08 bits per heavy atom. The third-order valence-corrected chi connectivity index (χ3v) is 5.84. The van der Waals surface area contributed by atoms with E-state index in [2.05, 4.69) is 26.7 Å². The topological polar surface area (TPSA) is 133 Å². The van der Waals surface area contributed by atoms with Crippen molar-refractivity contribution in [2.24, 2.45) is 0 Å². The Balaban J connectivity index is 1.54. The highest BCUT2D eigenvalue weighted by atomic mass is 16.6. The van der Waals surface area contributed by atoms with Gasteiger partial charge in [0.05, 0.1) is 30.2 Å². The van der Waals surface area contributed by atoms with E-state index in [1.165, 1.54) is 4.90 Å². The van der Waals surface area contributed by atoms with E-state index >= 15 is 0 Å². The fourth-order valence-corrected chi connectivity index (χ4v) is 4.12. The van der Waals surface area contributed by atoms with Crippen LogP contribution in [0.2, 0.25) is 0 Å². The van der Waals surface area contributed by atoms with Crippen molar-refractivity contribution in [3.05, 3.63) is 47.5 Å². The monoisotopic (exact) mass is 505 g/mol. The third-order valence-electron chi connectivity index (χ3n) is 5.84. The van der Waals surface area contributed by atoms with Gasteiger partial charge in [-0.05, 0) is 52.3 Å². The van der Waals surface area contributed by atoms with E-state index in [9.17, 15) is 14.9 Å². The minimum absolute atomic E-state index is 0.0375. The van der Waals surface area contributed by atoms with Crippen LogP contribution < -0.4 is 15.5 Å². The van der Waals surface area contributed by atoms with Crippen LogP contribution >= 0.6 is 0 Å². The molecule has 0 saturated carbocycles. The number of nitriles is 1. The summed E-state index contributed by atoms with van der Waals surface area (Å²) in [5.41, 5.74) is 2.64.